The van der Waals surface area contributed by atoms with Gasteiger partial charge in [0, 0.05) is 0 Å². The molecule has 0 aliphatic heterocycles. The molecule has 3 aromatic carbocycles. The number of carbonyl (C=O) groups is 2. The molecule has 4 nitrogen and oxygen atoms in total. The molecule has 3 aromatic rings. The summed E-state index contributed by atoms with van der Waals surface area (Å²) < 4.78 is 11.5. The maximum Gasteiger partial charge on any atom is 0.343 e. The highest BCUT2D eigenvalue weighted by molar-refractivity contribution is 5.93. The zero-order valence-electron chi connectivity index (χ0n) is 16.7. The van der Waals surface area contributed by atoms with Crippen LogP contribution in [-0.4, -0.2) is 11.9 Å². The van der Waals surface area contributed by atoms with Crippen LogP contribution in [0.4, 0.5) is 0 Å². The Morgan fingerprint density at radius 3 is 1.55 bits per heavy atom. The minimum absolute atomic E-state index is 0.316. The normalized spacial score (nSPS) is 10.4. The minimum Gasteiger partial charge on any atom is -0.419 e. The molecule has 0 N–H and O–H groups in total. The monoisotopic (exact) mass is 388 g/mol. The third-order valence-corrected chi connectivity index (χ3v) is 4.58. The highest BCUT2D eigenvalue weighted by atomic mass is 16.6. The number of ether oxygens (including phenoxy) is 2. The second kappa shape index (κ2) is 9.69. The smallest absolute Gasteiger partial charge is 0.343 e. The molecule has 0 heterocycles. The Morgan fingerprint density at radius 1 is 0.655 bits per heavy atom. The molecule has 0 saturated heterocycles. The maximum atomic E-state index is 12.7. The standard InChI is InChI=1S/C25H24O4/c1-3-11-19-17-16-18(4-2)22(28-24(26)20-12-7-5-8-13-20)23(19)29-25(27)21-14-9-6-10-15-21/h5-10,12-17H,3-4,11H2,1-2H3. The molecule has 0 aliphatic carbocycles. The van der Waals surface area contributed by atoms with Crippen molar-refractivity contribution >= 4 is 11.9 Å². The Kier molecular flexibility index (Phi) is 6.80. The molecule has 0 atom stereocenters. The fourth-order valence-corrected chi connectivity index (χ4v) is 3.06. The summed E-state index contributed by atoms with van der Waals surface area (Å²) >= 11 is 0. The molecule has 0 fully saturated rings. The van der Waals surface area contributed by atoms with Gasteiger partial charge in [0.15, 0.2) is 11.5 Å². The molecule has 0 bridgehead atoms. The zero-order valence-corrected chi connectivity index (χ0v) is 16.7. The van der Waals surface area contributed by atoms with Crippen molar-refractivity contribution < 1.29 is 19.1 Å². The summed E-state index contributed by atoms with van der Waals surface area (Å²) in [4.78, 5) is 25.4. The minimum atomic E-state index is -0.481. The van der Waals surface area contributed by atoms with E-state index in [1.54, 1.807) is 48.5 Å². The molecule has 0 radical (unpaired) electrons. The molecule has 0 amide bonds. The summed E-state index contributed by atoms with van der Waals surface area (Å²) in [6.07, 6.45) is 2.21. The van der Waals surface area contributed by atoms with Crippen LogP contribution in [-0.2, 0) is 12.8 Å². The van der Waals surface area contributed by atoms with Crippen LogP contribution in [0.15, 0.2) is 72.8 Å². The molecule has 0 unspecified atom stereocenters. The molecule has 3 rings (SSSR count). The van der Waals surface area contributed by atoms with Crippen LogP contribution < -0.4 is 9.47 Å². The van der Waals surface area contributed by atoms with Gasteiger partial charge in [-0.3, -0.25) is 0 Å². The SMILES string of the molecule is CCCc1ccc(CC)c(OC(=O)c2ccccc2)c1OC(=O)c1ccccc1. The summed E-state index contributed by atoms with van der Waals surface area (Å²) in [6.45, 7) is 4.02. The van der Waals surface area contributed by atoms with Gasteiger partial charge in [-0.15, -0.1) is 0 Å². The highest BCUT2D eigenvalue weighted by Gasteiger charge is 2.22. The van der Waals surface area contributed by atoms with Gasteiger partial charge in [0.2, 0.25) is 0 Å². The Bertz CT molecular complexity index is 978. The lowest BCUT2D eigenvalue weighted by molar-refractivity contribution is 0.0679. The van der Waals surface area contributed by atoms with Crippen molar-refractivity contribution in [3.63, 3.8) is 0 Å². The van der Waals surface area contributed by atoms with Gasteiger partial charge in [0.25, 0.3) is 0 Å². The second-order valence-corrected chi connectivity index (χ2v) is 6.66. The van der Waals surface area contributed by atoms with Crippen molar-refractivity contribution in [1.82, 2.24) is 0 Å². The summed E-state index contributed by atoms with van der Waals surface area (Å²) in [7, 11) is 0. The van der Waals surface area contributed by atoms with E-state index in [-0.39, 0.29) is 0 Å². The molecule has 0 aliphatic rings. The van der Waals surface area contributed by atoms with Crippen molar-refractivity contribution in [3.8, 4) is 11.5 Å². The first-order valence-electron chi connectivity index (χ1n) is 9.83. The van der Waals surface area contributed by atoms with Gasteiger partial charge in [-0.2, -0.15) is 0 Å². The van der Waals surface area contributed by atoms with E-state index in [2.05, 4.69) is 0 Å². The molecular formula is C25H24O4. The first kappa shape index (κ1) is 20.3. The van der Waals surface area contributed by atoms with E-state index in [4.69, 9.17) is 9.47 Å². The Morgan fingerprint density at radius 2 is 1.10 bits per heavy atom. The molecule has 148 valence electrons. The lowest BCUT2D eigenvalue weighted by atomic mass is 10.0. The number of hydrogen-bond acceptors (Lipinski definition) is 4. The lowest BCUT2D eigenvalue weighted by Gasteiger charge is -2.17. The van der Waals surface area contributed by atoms with Gasteiger partial charge in [0.05, 0.1) is 11.1 Å². The van der Waals surface area contributed by atoms with E-state index in [0.717, 1.165) is 17.5 Å². The van der Waals surface area contributed by atoms with E-state index in [1.807, 2.05) is 38.1 Å². The first-order valence-corrected chi connectivity index (χ1v) is 9.83. The van der Waals surface area contributed by atoms with Crippen molar-refractivity contribution in [1.29, 1.82) is 0 Å². The fraction of sp³-hybridized carbons (Fsp3) is 0.200. The number of esters is 2. The van der Waals surface area contributed by atoms with Crippen molar-refractivity contribution in [2.75, 3.05) is 0 Å². The van der Waals surface area contributed by atoms with Crippen LogP contribution in [0, 0.1) is 0 Å². The summed E-state index contributed by atoms with van der Waals surface area (Å²) in [6, 6.07) is 21.4. The lowest BCUT2D eigenvalue weighted by Crippen LogP contribution is -2.15. The number of benzene rings is 3. The van der Waals surface area contributed by atoms with Crippen LogP contribution in [0.2, 0.25) is 0 Å². The van der Waals surface area contributed by atoms with E-state index in [9.17, 15) is 9.59 Å². The number of carbonyl (C=O) groups excluding carboxylic acids is 2. The average Bonchev–Trinajstić information content (AvgIpc) is 2.77. The van der Waals surface area contributed by atoms with Crippen LogP contribution in [0.1, 0.15) is 52.1 Å². The summed E-state index contributed by atoms with van der Waals surface area (Å²) in [5, 5.41) is 0. The maximum absolute atomic E-state index is 12.7. The zero-order chi connectivity index (χ0) is 20.6. The van der Waals surface area contributed by atoms with Crippen molar-refractivity contribution in [2.24, 2.45) is 0 Å². The van der Waals surface area contributed by atoms with Crippen LogP contribution in [0.25, 0.3) is 0 Å². The third kappa shape index (κ3) is 4.91. The number of rotatable bonds is 7. The Labute approximate surface area is 171 Å². The van der Waals surface area contributed by atoms with Crippen LogP contribution in [0.5, 0.6) is 11.5 Å². The Hall–Kier alpha value is -3.40. The largest absolute Gasteiger partial charge is 0.419 e. The van der Waals surface area contributed by atoms with Gasteiger partial charge >= 0.3 is 11.9 Å². The summed E-state index contributed by atoms with van der Waals surface area (Å²) in [5.41, 5.74) is 2.53. The Balaban J connectivity index is 2.01. The molecule has 29 heavy (non-hydrogen) atoms. The van der Waals surface area contributed by atoms with Gasteiger partial charge < -0.3 is 9.47 Å². The first-order chi connectivity index (χ1) is 14.1. The molecule has 0 saturated carbocycles. The van der Waals surface area contributed by atoms with Gasteiger partial charge in [-0.1, -0.05) is 68.8 Å². The molecule has 4 heteroatoms. The molecular weight excluding hydrogens is 364 g/mol. The number of hydrogen-bond donors (Lipinski definition) is 0. The van der Waals surface area contributed by atoms with E-state index in [1.165, 1.54) is 0 Å². The average molecular weight is 388 g/mol. The van der Waals surface area contributed by atoms with Crippen molar-refractivity contribution in [3.05, 3.63) is 95.1 Å². The molecule has 0 aromatic heterocycles. The van der Waals surface area contributed by atoms with Gasteiger partial charge in [0.1, 0.15) is 0 Å². The quantitative estimate of drug-likeness (QED) is 0.388. The van der Waals surface area contributed by atoms with Gasteiger partial charge in [-0.05, 0) is 48.2 Å². The summed E-state index contributed by atoms with van der Waals surface area (Å²) in [5.74, 6) is -0.319. The van der Waals surface area contributed by atoms with Crippen LogP contribution in [0.3, 0.4) is 0 Å². The van der Waals surface area contributed by atoms with E-state index >= 15 is 0 Å². The predicted octanol–water partition coefficient (Wildman–Crippen LogP) is 5.64. The van der Waals surface area contributed by atoms with Crippen LogP contribution >= 0.6 is 0 Å². The second-order valence-electron chi connectivity index (χ2n) is 6.66. The highest BCUT2D eigenvalue weighted by Crippen LogP contribution is 2.37. The third-order valence-electron chi connectivity index (χ3n) is 4.58. The van der Waals surface area contributed by atoms with Gasteiger partial charge in [-0.25, -0.2) is 9.59 Å². The number of aryl methyl sites for hydroxylation is 2. The fourth-order valence-electron chi connectivity index (χ4n) is 3.06. The van der Waals surface area contributed by atoms with Crippen molar-refractivity contribution in [2.45, 2.75) is 33.1 Å². The predicted molar refractivity (Wildman–Crippen MR) is 113 cm³/mol. The topological polar surface area (TPSA) is 52.6 Å². The molecule has 0 spiro atoms. The van der Waals surface area contributed by atoms with E-state index < -0.39 is 11.9 Å². The van der Waals surface area contributed by atoms with E-state index in [0.29, 0.717) is 35.5 Å².